The third kappa shape index (κ3) is 6.79. The minimum absolute atomic E-state index is 0.0379. The molecule has 29 heavy (non-hydrogen) atoms. The van der Waals surface area contributed by atoms with Gasteiger partial charge < -0.3 is 15.0 Å². The van der Waals surface area contributed by atoms with Gasteiger partial charge in [0.2, 0.25) is 10.0 Å². The molecule has 2 N–H and O–H groups in total. The summed E-state index contributed by atoms with van der Waals surface area (Å²) in [5.41, 5.74) is 0.397. The van der Waals surface area contributed by atoms with Crippen molar-refractivity contribution in [3.05, 3.63) is 23.8 Å². The molecule has 0 aliphatic carbocycles. The van der Waals surface area contributed by atoms with E-state index in [1.54, 1.807) is 26.0 Å². The van der Waals surface area contributed by atoms with Crippen molar-refractivity contribution >= 4 is 21.4 Å². The number of nitrogens with zero attached hydrogens (tertiary/aromatic N) is 1. The largest absolute Gasteiger partial charge is 0.383 e. The number of nitrogens with one attached hydrogen (secondary N) is 2. The Hall–Kier alpha value is -1.45. The predicted octanol–water partition coefficient (Wildman–Crippen LogP) is 3.49. The third-order valence-corrected chi connectivity index (χ3v) is 6.76. The molecule has 0 radical (unpaired) electrons. The maximum Gasteiger partial charge on any atom is 0.213 e. The summed E-state index contributed by atoms with van der Waals surface area (Å²) in [5, 5.41) is 2.48. The first-order valence-corrected chi connectivity index (χ1v) is 11.8. The zero-order valence-corrected chi connectivity index (χ0v) is 18.5. The van der Waals surface area contributed by atoms with E-state index in [-0.39, 0.29) is 23.6 Å². The van der Waals surface area contributed by atoms with E-state index in [0.717, 1.165) is 12.8 Å². The Kier molecular flexibility index (Phi) is 8.66. The molecular weight excluding hydrogens is 400 g/mol. The van der Waals surface area contributed by atoms with Gasteiger partial charge in [-0.3, -0.25) is 0 Å². The Labute approximate surface area is 173 Å². The minimum Gasteiger partial charge on any atom is -0.383 e. The second-order valence-corrected chi connectivity index (χ2v) is 10.2. The highest BCUT2D eigenvalue weighted by atomic mass is 32.2. The molecule has 1 fully saturated rings. The van der Waals surface area contributed by atoms with Gasteiger partial charge in [-0.25, -0.2) is 21.9 Å². The second-order valence-electron chi connectivity index (χ2n) is 7.90. The van der Waals surface area contributed by atoms with E-state index in [2.05, 4.69) is 10.0 Å². The summed E-state index contributed by atoms with van der Waals surface area (Å²) in [4.78, 5) is 1.82. The van der Waals surface area contributed by atoms with E-state index in [1.807, 2.05) is 18.7 Å². The summed E-state index contributed by atoms with van der Waals surface area (Å²) >= 11 is 0. The van der Waals surface area contributed by atoms with E-state index in [1.165, 1.54) is 0 Å². The van der Waals surface area contributed by atoms with Gasteiger partial charge >= 0.3 is 0 Å². The molecule has 6 nitrogen and oxygen atoms in total. The lowest BCUT2D eigenvalue weighted by Crippen LogP contribution is -2.45. The highest BCUT2D eigenvalue weighted by Crippen LogP contribution is 2.29. The normalized spacial score (nSPS) is 20.3. The minimum atomic E-state index is -3.23. The Morgan fingerprint density at radius 1 is 1.07 bits per heavy atom. The smallest absolute Gasteiger partial charge is 0.213 e. The molecule has 2 rings (SSSR count). The highest BCUT2D eigenvalue weighted by molar-refractivity contribution is 7.90. The number of anilines is 2. The molecule has 2 atom stereocenters. The first-order valence-electron chi connectivity index (χ1n) is 10.2. The molecule has 1 heterocycles. The molecule has 166 valence electrons. The van der Waals surface area contributed by atoms with Crippen molar-refractivity contribution in [3.8, 4) is 0 Å². The maximum atomic E-state index is 14.6. The lowest BCUT2D eigenvalue weighted by atomic mass is 10.1. The van der Waals surface area contributed by atoms with E-state index in [0.29, 0.717) is 32.6 Å². The van der Waals surface area contributed by atoms with Crippen LogP contribution in [-0.2, 0) is 14.8 Å². The Morgan fingerprint density at radius 3 is 2.31 bits per heavy atom. The first kappa shape index (κ1) is 23.8. The van der Waals surface area contributed by atoms with Crippen molar-refractivity contribution in [1.82, 2.24) is 4.72 Å². The summed E-state index contributed by atoms with van der Waals surface area (Å²) in [6.45, 7) is 9.01. The average molecular weight is 434 g/mol. The van der Waals surface area contributed by atoms with E-state index < -0.39 is 26.9 Å². The van der Waals surface area contributed by atoms with E-state index >= 15 is 0 Å². The van der Waals surface area contributed by atoms with Gasteiger partial charge in [0.05, 0.1) is 28.8 Å². The molecule has 0 amide bonds. The molecule has 0 unspecified atom stereocenters. The van der Waals surface area contributed by atoms with Crippen molar-refractivity contribution in [2.24, 2.45) is 0 Å². The Morgan fingerprint density at radius 2 is 1.69 bits per heavy atom. The fraction of sp³-hybridized carbons (Fsp3) is 0.700. The maximum absolute atomic E-state index is 14.6. The molecule has 0 saturated carbocycles. The SMILES string of the molecule is CC(C)S(=O)(=O)NCCCCCNc1ccc(N2C[C@@H](C)O[C@@H](C)C2)c(F)c1F. The van der Waals surface area contributed by atoms with Crippen LogP contribution >= 0.6 is 0 Å². The number of unbranched alkanes of at least 4 members (excludes halogenated alkanes) is 2. The van der Waals surface area contributed by atoms with Crippen molar-refractivity contribution in [2.45, 2.75) is 64.4 Å². The molecule has 0 aromatic heterocycles. The van der Waals surface area contributed by atoms with E-state index in [4.69, 9.17) is 4.74 Å². The summed E-state index contributed by atoms with van der Waals surface area (Å²) < 4.78 is 60.6. The van der Waals surface area contributed by atoms with Crippen LogP contribution in [0.1, 0.15) is 47.0 Å². The van der Waals surface area contributed by atoms with Gasteiger partial charge in [0, 0.05) is 26.2 Å². The molecule has 9 heteroatoms. The van der Waals surface area contributed by atoms with Crippen LogP contribution in [0.5, 0.6) is 0 Å². The first-order chi connectivity index (χ1) is 13.6. The molecule has 1 aliphatic rings. The van der Waals surface area contributed by atoms with Gasteiger partial charge in [0.1, 0.15) is 0 Å². The predicted molar refractivity (Wildman–Crippen MR) is 113 cm³/mol. The van der Waals surface area contributed by atoms with Crippen LogP contribution in [0.25, 0.3) is 0 Å². The lowest BCUT2D eigenvalue weighted by Gasteiger charge is -2.37. The average Bonchev–Trinajstić information content (AvgIpc) is 2.63. The zero-order chi connectivity index (χ0) is 21.6. The van der Waals surface area contributed by atoms with Crippen molar-refractivity contribution in [2.75, 3.05) is 36.4 Å². The van der Waals surface area contributed by atoms with Crippen molar-refractivity contribution < 1.29 is 21.9 Å². The van der Waals surface area contributed by atoms with Gasteiger partial charge in [0.15, 0.2) is 11.6 Å². The molecule has 0 spiro atoms. The van der Waals surface area contributed by atoms with Crippen LogP contribution in [-0.4, -0.2) is 52.1 Å². The van der Waals surface area contributed by atoms with Crippen LogP contribution in [0.15, 0.2) is 12.1 Å². The van der Waals surface area contributed by atoms with Crippen LogP contribution in [0, 0.1) is 11.6 Å². The number of benzene rings is 1. The topological polar surface area (TPSA) is 70.7 Å². The molecule has 1 aliphatic heterocycles. The summed E-state index contributed by atoms with van der Waals surface area (Å²) in [5.74, 6) is -1.72. The third-order valence-electron chi connectivity index (χ3n) is 4.92. The number of hydrogen-bond acceptors (Lipinski definition) is 5. The number of morpholine rings is 1. The number of rotatable bonds is 10. The van der Waals surface area contributed by atoms with Gasteiger partial charge in [-0.05, 0) is 52.7 Å². The van der Waals surface area contributed by atoms with Gasteiger partial charge in [0.25, 0.3) is 0 Å². The highest BCUT2D eigenvalue weighted by Gasteiger charge is 2.26. The second kappa shape index (κ2) is 10.5. The fourth-order valence-corrected chi connectivity index (χ4v) is 4.09. The number of halogens is 2. The van der Waals surface area contributed by atoms with Crippen LogP contribution in [0.3, 0.4) is 0 Å². The Balaban J connectivity index is 1.80. The van der Waals surface area contributed by atoms with Gasteiger partial charge in [-0.15, -0.1) is 0 Å². The summed E-state index contributed by atoms with van der Waals surface area (Å²) in [6.07, 6.45) is 2.12. The van der Waals surface area contributed by atoms with Gasteiger partial charge in [-0.2, -0.15) is 0 Å². The molecule has 1 aromatic carbocycles. The lowest BCUT2D eigenvalue weighted by molar-refractivity contribution is -0.00542. The van der Waals surface area contributed by atoms with Crippen molar-refractivity contribution in [1.29, 1.82) is 0 Å². The summed E-state index contributed by atoms with van der Waals surface area (Å²) in [6, 6.07) is 3.17. The molecular formula is C20H33F2N3O3S. The monoisotopic (exact) mass is 433 g/mol. The fourth-order valence-electron chi connectivity index (χ4n) is 3.33. The van der Waals surface area contributed by atoms with Gasteiger partial charge in [-0.1, -0.05) is 6.42 Å². The standard InChI is InChI=1S/C20H33F2N3O3S/c1-14(2)29(26,27)24-11-7-5-6-10-23-17-8-9-18(20(22)19(17)21)25-12-15(3)28-16(4)13-25/h8-9,14-16,23-24H,5-7,10-13H2,1-4H3/t15-,16+. The zero-order valence-electron chi connectivity index (χ0n) is 17.7. The number of ether oxygens (including phenoxy) is 1. The molecule has 1 aromatic rings. The van der Waals surface area contributed by atoms with Crippen molar-refractivity contribution in [3.63, 3.8) is 0 Å². The quantitative estimate of drug-likeness (QED) is 0.553. The van der Waals surface area contributed by atoms with Crippen LogP contribution in [0.2, 0.25) is 0 Å². The van der Waals surface area contributed by atoms with Crippen LogP contribution in [0.4, 0.5) is 20.2 Å². The number of hydrogen-bond donors (Lipinski definition) is 2. The Bertz CT molecular complexity index is 764. The molecule has 0 bridgehead atoms. The number of sulfonamides is 1. The molecule has 1 saturated heterocycles. The van der Waals surface area contributed by atoms with E-state index in [9.17, 15) is 17.2 Å². The van der Waals surface area contributed by atoms with Crippen LogP contribution < -0.4 is 14.9 Å². The summed E-state index contributed by atoms with van der Waals surface area (Å²) in [7, 11) is -3.23.